The van der Waals surface area contributed by atoms with Crippen LogP contribution in [-0.2, 0) is 5.41 Å². The highest BCUT2D eigenvalue weighted by atomic mass is 32.1. The summed E-state index contributed by atoms with van der Waals surface area (Å²) in [7, 11) is 2.14. The van der Waals surface area contributed by atoms with Gasteiger partial charge in [0.25, 0.3) is 0 Å². The highest BCUT2D eigenvalue weighted by molar-refractivity contribution is 7.19. The van der Waals surface area contributed by atoms with Gasteiger partial charge in [-0.1, -0.05) is 20.8 Å². The van der Waals surface area contributed by atoms with E-state index in [9.17, 15) is 0 Å². The van der Waals surface area contributed by atoms with Crippen molar-refractivity contribution >= 4 is 24.0 Å². The Labute approximate surface area is 73.3 Å². The molecule has 11 heavy (non-hydrogen) atoms. The van der Waals surface area contributed by atoms with Crippen LogP contribution in [0.2, 0.25) is 0 Å². The Bertz CT molecular complexity index is 260. The summed E-state index contributed by atoms with van der Waals surface area (Å²) in [6, 6.07) is 0. The number of nitrogens with zero attached hydrogens (tertiary/aromatic N) is 1. The first-order chi connectivity index (χ1) is 4.91. The molecule has 0 amide bonds. The molecule has 1 aromatic rings. The van der Waals surface area contributed by atoms with Crippen molar-refractivity contribution in [2.24, 2.45) is 0 Å². The van der Waals surface area contributed by atoms with Crippen LogP contribution in [0.25, 0.3) is 0 Å². The fourth-order valence-electron chi connectivity index (χ4n) is 1.22. The second kappa shape index (κ2) is 2.63. The molecule has 0 spiro atoms. The Morgan fingerprint density at radius 1 is 1.36 bits per heavy atom. The molecule has 1 nitrogen and oxygen atoms in total. The lowest BCUT2D eigenvalue weighted by atomic mass is 9.87. The third kappa shape index (κ3) is 1.83. The van der Waals surface area contributed by atoms with Crippen LogP contribution >= 0.6 is 11.3 Å². The molecule has 0 N–H and O–H groups in total. The van der Waals surface area contributed by atoms with Gasteiger partial charge < -0.3 is 0 Å². The second-order valence-corrected chi connectivity index (χ2v) is 5.29. The van der Waals surface area contributed by atoms with Gasteiger partial charge in [-0.25, -0.2) is 4.98 Å². The van der Waals surface area contributed by atoms with Crippen molar-refractivity contribution in [2.75, 3.05) is 0 Å². The van der Waals surface area contributed by atoms with E-state index in [0.717, 1.165) is 0 Å². The Morgan fingerprint density at radius 2 is 1.91 bits per heavy atom. The van der Waals surface area contributed by atoms with Gasteiger partial charge in [0, 0.05) is 5.41 Å². The van der Waals surface area contributed by atoms with Crippen LogP contribution in [0.15, 0.2) is 0 Å². The molecular weight excluding hydrogens is 153 g/mol. The molecule has 1 aromatic heterocycles. The van der Waals surface area contributed by atoms with Crippen LogP contribution in [0.4, 0.5) is 0 Å². The largest absolute Gasteiger partial charge is 0.247 e. The molecule has 0 unspecified atom stereocenters. The average Bonchev–Trinajstić information content (AvgIpc) is 2.08. The predicted molar refractivity (Wildman–Crippen MR) is 53.7 cm³/mol. The molecule has 0 aliphatic carbocycles. The van der Waals surface area contributed by atoms with Gasteiger partial charge >= 0.3 is 0 Å². The maximum absolute atomic E-state index is 4.50. The van der Waals surface area contributed by atoms with Crippen molar-refractivity contribution in [2.45, 2.75) is 33.1 Å². The fourth-order valence-corrected chi connectivity index (χ4v) is 2.25. The number of hydrogen-bond acceptors (Lipinski definition) is 2. The Hall–Kier alpha value is -0.305. The highest BCUT2D eigenvalue weighted by Gasteiger charge is 2.19. The van der Waals surface area contributed by atoms with Crippen molar-refractivity contribution in [3.63, 3.8) is 0 Å². The van der Waals surface area contributed by atoms with Crippen LogP contribution in [0, 0.1) is 6.92 Å². The predicted octanol–water partition coefficient (Wildman–Crippen LogP) is 1.01. The zero-order chi connectivity index (χ0) is 8.65. The first kappa shape index (κ1) is 8.79. The number of aryl methyl sites for hydroxylation is 1. The lowest BCUT2D eigenvalue weighted by molar-refractivity contribution is 0.575. The van der Waals surface area contributed by atoms with Gasteiger partial charge in [0.1, 0.15) is 0 Å². The van der Waals surface area contributed by atoms with Gasteiger partial charge in [0.05, 0.1) is 10.7 Å². The smallest absolute Gasteiger partial charge is 0.155 e. The fraction of sp³-hybridized carbons (Fsp3) is 0.625. The van der Waals surface area contributed by atoms with Crippen LogP contribution in [-0.4, -0.2) is 12.8 Å². The summed E-state index contributed by atoms with van der Waals surface area (Å²) >= 11 is 1.78. The van der Waals surface area contributed by atoms with Crippen molar-refractivity contribution in [3.8, 4) is 0 Å². The zero-order valence-corrected chi connectivity index (χ0v) is 8.67. The monoisotopic (exact) mass is 167 g/mol. The third-order valence-corrected chi connectivity index (χ3v) is 2.50. The maximum atomic E-state index is 4.50. The molecule has 0 radical (unpaired) electrons. The third-order valence-electron chi connectivity index (χ3n) is 1.61. The lowest BCUT2D eigenvalue weighted by Gasteiger charge is -2.16. The minimum absolute atomic E-state index is 0.203. The number of hydrogen-bond donors (Lipinski definition) is 0. The van der Waals surface area contributed by atoms with E-state index < -0.39 is 0 Å². The van der Waals surface area contributed by atoms with Crippen molar-refractivity contribution in [1.82, 2.24) is 4.98 Å². The topological polar surface area (TPSA) is 12.9 Å². The van der Waals surface area contributed by atoms with Crippen LogP contribution < -0.4 is 4.78 Å². The molecule has 0 atom stereocenters. The summed E-state index contributed by atoms with van der Waals surface area (Å²) in [6.07, 6.45) is 0. The van der Waals surface area contributed by atoms with Crippen molar-refractivity contribution in [3.05, 3.63) is 10.7 Å². The molecule has 0 bridgehead atoms. The normalized spacial score (nSPS) is 12.0. The molecular formula is C8H14BNS. The van der Waals surface area contributed by atoms with E-state index in [4.69, 9.17) is 0 Å². The van der Waals surface area contributed by atoms with E-state index in [1.807, 2.05) is 0 Å². The molecule has 60 valence electrons. The number of thiazole rings is 1. The Balaban J connectivity index is 3.13. The van der Waals surface area contributed by atoms with E-state index in [-0.39, 0.29) is 5.41 Å². The summed E-state index contributed by atoms with van der Waals surface area (Å²) in [6.45, 7) is 8.67. The summed E-state index contributed by atoms with van der Waals surface area (Å²) in [4.78, 5) is 4.50. The minimum atomic E-state index is 0.203. The molecule has 3 heteroatoms. The first-order valence-electron chi connectivity index (χ1n) is 3.86. The van der Waals surface area contributed by atoms with Gasteiger partial charge in [0.15, 0.2) is 7.85 Å². The quantitative estimate of drug-likeness (QED) is 0.525. The SMILES string of the molecule is Bc1sc(C)nc1C(C)(C)C. The van der Waals surface area contributed by atoms with Gasteiger partial charge in [0.2, 0.25) is 0 Å². The number of rotatable bonds is 0. The van der Waals surface area contributed by atoms with Crippen molar-refractivity contribution < 1.29 is 0 Å². The molecule has 1 heterocycles. The first-order valence-corrected chi connectivity index (χ1v) is 4.67. The van der Waals surface area contributed by atoms with E-state index in [2.05, 4.69) is 40.5 Å². The lowest BCUT2D eigenvalue weighted by Crippen LogP contribution is -2.20. The molecule has 0 saturated carbocycles. The second-order valence-electron chi connectivity index (χ2n) is 3.89. The van der Waals surface area contributed by atoms with E-state index >= 15 is 0 Å². The molecule has 1 rings (SSSR count). The average molecular weight is 167 g/mol. The van der Waals surface area contributed by atoms with Gasteiger partial charge in [-0.15, -0.1) is 11.3 Å². The van der Waals surface area contributed by atoms with Gasteiger partial charge in [-0.3, -0.25) is 0 Å². The minimum Gasteiger partial charge on any atom is -0.247 e. The molecule has 0 fully saturated rings. The van der Waals surface area contributed by atoms with Crippen molar-refractivity contribution in [1.29, 1.82) is 0 Å². The van der Waals surface area contributed by atoms with E-state index in [0.29, 0.717) is 0 Å². The maximum Gasteiger partial charge on any atom is 0.155 e. The Morgan fingerprint density at radius 3 is 2.09 bits per heavy atom. The molecule has 0 aliphatic heterocycles. The summed E-state index contributed by atoms with van der Waals surface area (Å²) in [5.74, 6) is 0. The van der Waals surface area contributed by atoms with Crippen LogP contribution in [0.1, 0.15) is 31.5 Å². The Kier molecular flexibility index (Phi) is 2.10. The summed E-state index contributed by atoms with van der Waals surface area (Å²) < 4.78 is 1.36. The standard InChI is InChI=1S/C8H14BNS/c1-5-10-6(7(9)11-5)8(2,3)4/h9H2,1-4H3. The summed E-state index contributed by atoms with van der Waals surface area (Å²) in [5, 5.41) is 1.17. The van der Waals surface area contributed by atoms with E-state index in [1.165, 1.54) is 15.5 Å². The van der Waals surface area contributed by atoms with Crippen LogP contribution in [0.3, 0.4) is 0 Å². The molecule has 0 aromatic carbocycles. The zero-order valence-electron chi connectivity index (χ0n) is 7.86. The van der Waals surface area contributed by atoms with Gasteiger partial charge in [-0.2, -0.15) is 0 Å². The van der Waals surface area contributed by atoms with E-state index in [1.54, 1.807) is 11.3 Å². The molecule has 0 saturated heterocycles. The number of aromatic nitrogens is 1. The van der Waals surface area contributed by atoms with Gasteiger partial charge in [-0.05, 0) is 11.7 Å². The molecule has 0 aliphatic rings. The van der Waals surface area contributed by atoms with Crippen LogP contribution in [0.5, 0.6) is 0 Å². The highest BCUT2D eigenvalue weighted by Crippen LogP contribution is 2.20. The summed E-state index contributed by atoms with van der Waals surface area (Å²) in [5.41, 5.74) is 1.45.